The van der Waals surface area contributed by atoms with E-state index >= 15 is 0 Å². The van der Waals surface area contributed by atoms with Gasteiger partial charge in [-0.2, -0.15) is 0 Å². The van der Waals surface area contributed by atoms with E-state index in [1.54, 1.807) is 4.90 Å². The number of fused-ring (bicyclic) bond motifs is 3. The predicted molar refractivity (Wildman–Crippen MR) is 107 cm³/mol. The number of carbonyl (C=O) groups excluding carboxylic acids is 2. The molecule has 1 aromatic carbocycles. The number of carbonyl (C=O) groups is 2. The summed E-state index contributed by atoms with van der Waals surface area (Å²) >= 11 is 0. The second kappa shape index (κ2) is 7.05. The molecule has 2 bridgehead atoms. The number of halogens is 1. The van der Waals surface area contributed by atoms with Crippen LogP contribution in [0, 0.1) is 5.82 Å². The van der Waals surface area contributed by atoms with Gasteiger partial charge in [0.1, 0.15) is 11.5 Å². The standard InChI is InChI=1S/C22H20FN5O2/c23-17-11-25-9-8-16(17)22(30)28-14-6-7-15(28)12-27-18(10-14)19(20(24)29)26-21(27)13-4-2-1-3-5-13/h1-5,8-9,11,14-15H,6-7,10,12H2,(H2,24,29). The number of aromatic nitrogens is 3. The molecular formula is C22H20FN5O2. The third-order valence-corrected chi connectivity index (χ3v) is 6.02. The highest BCUT2D eigenvalue weighted by Gasteiger charge is 2.42. The molecule has 30 heavy (non-hydrogen) atoms. The molecular weight excluding hydrogens is 385 g/mol. The van der Waals surface area contributed by atoms with Crippen LogP contribution in [-0.4, -0.2) is 43.3 Å². The molecule has 8 heteroatoms. The number of rotatable bonds is 3. The van der Waals surface area contributed by atoms with Gasteiger partial charge in [0, 0.05) is 30.8 Å². The molecule has 5 rings (SSSR count). The Morgan fingerprint density at radius 3 is 2.60 bits per heavy atom. The van der Waals surface area contributed by atoms with Crippen LogP contribution in [0.3, 0.4) is 0 Å². The van der Waals surface area contributed by atoms with Crippen molar-refractivity contribution in [2.75, 3.05) is 0 Å². The minimum Gasteiger partial charge on any atom is -0.364 e. The molecule has 1 fully saturated rings. The van der Waals surface area contributed by atoms with Gasteiger partial charge >= 0.3 is 0 Å². The molecule has 2 N–H and O–H groups in total. The van der Waals surface area contributed by atoms with Crippen molar-refractivity contribution in [3.63, 3.8) is 0 Å². The van der Waals surface area contributed by atoms with Crippen molar-refractivity contribution in [2.45, 2.75) is 37.9 Å². The highest BCUT2D eigenvalue weighted by Crippen LogP contribution is 2.36. The fraction of sp³-hybridized carbons (Fsp3) is 0.273. The molecule has 2 amide bonds. The molecule has 2 aliphatic heterocycles. The summed E-state index contributed by atoms with van der Waals surface area (Å²) in [7, 11) is 0. The molecule has 2 aliphatic rings. The molecule has 0 radical (unpaired) electrons. The summed E-state index contributed by atoms with van der Waals surface area (Å²) in [6.45, 7) is 0.481. The first kappa shape index (κ1) is 18.5. The van der Waals surface area contributed by atoms with Crippen LogP contribution in [0.15, 0.2) is 48.8 Å². The van der Waals surface area contributed by atoms with Gasteiger partial charge in [-0.25, -0.2) is 9.37 Å². The fourth-order valence-corrected chi connectivity index (χ4v) is 4.69. The van der Waals surface area contributed by atoms with E-state index < -0.39 is 11.7 Å². The van der Waals surface area contributed by atoms with Gasteiger partial charge in [0.05, 0.1) is 23.5 Å². The quantitative estimate of drug-likeness (QED) is 0.724. The van der Waals surface area contributed by atoms with Gasteiger partial charge in [-0.3, -0.25) is 14.6 Å². The molecule has 2 aromatic heterocycles. The summed E-state index contributed by atoms with van der Waals surface area (Å²) in [6.07, 6.45) is 4.52. The van der Waals surface area contributed by atoms with Gasteiger partial charge in [0.15, 0.2) is 5.82 Å². The lowest BCUT2D eigenvalue weighted by Gasteiger charge is -2.28. The Hall–Kier alpha value is -3.55. The van der Waals surface area contributed by atoms with Crippen LogP contribution in [0.25, 0.3) is 11.4 Å². The Morgan fingerprint density at radius 1 is 1.10 bits per heavy atom. The SMILES string of the molecule is NC(=O)c1nc(-c2ccccc2)n2c1CC1CCC(C2)N1C(=O)c1ccncc1F. The zero-order valence-corrected chi connectivity index (χ0v) is 16.2. The van der Waals surface area contributed by atoms with E-state index in [0.717, 1.165) is 30.3 Å². The van der Waals surface area contributed by atoms with Crippen molar-refractivity contribution in [2.24, 2.45) is 5.73 Å². The number of pyridine rings is 1. The fourth-order valence-electron chi connectivity index (χ4n) is 4.69. The molecule has 0 spiro atoms. The van der Waals surface area contributed by atoms with Crippen molar-refractivity contribution in [3.05, 3.63) is 71.6 Å². The monoisotopic (exact) mass is 405 g/mol. The highest BCUT2D eigenvalue weighted by molar-refractivity contribution is 5.95. The Labute approximate surface area is 172 Å². The van der Waals surface area contributed by atoms with E-state index in [-0.39, 0.29) is 29.2 Å². The highest BCUT2D eigenvalue weighted by atomic mass is 19.1. The number of nitrogens with zero attached hydrogens (tertiary/aromatic N) is 4. The number of nitrogens with two attached hydrogens (primary N) is 1. The number of imidazole rings is 1. The van der Waals surface area contributed by atoms with Gasteiger partial charge in [0.2, 0.25) is 0 Å². The van der Waals surface area contributed by atoms with Crippen LogP contribution in [-0.2, 0) is 13.0 Å². The van der Waals surface area contributed by atoms with E-state index in [0.29, 0.717) is 18.8 Å². The lowest BCUT2D eigenvalue weighted by Crippen LogP contribution is -2.42. The van der Waals surface area contributed by atoms with Crippen LogP contribution in [0.4, 0.5) is 4.39 Å². The second-order valence-electron chi connectivity index (χ2n) is 7.73. The molecule has 3 aromatic rings. The van der Waals surface area contributed by atoms with Crippen LogP contribution in [0.2, 0.25) is 0 Å². The number of benzene rings is 1. The average molecular weight is 405 g/mol. The number of hydrogen-bond donors (Lipinski definition) is 1. The van der Waals surface area contributed by atoms with Crippen molar-refractivity contribution in [3.8, 4) is 11.4 Å². The van der Waals surface area contributed by atoms with Crippen molar-refractivity contribution < 1.29 is 14.0 Å². The van der Waals surface area contributed by atoms with Gasteiger partial charge in [-0.1, -0.05) is 30.3 Å². The maximum absolute atomic E-state index is 14.2. The second-order valence-corrected chi connectivity index (χ2v) is 7.73. The third-order valence-electron chi connectivity index (χ3n) is 6.02. The predicted octanol–water partition coefficient (Wildman–Crippen LogP) is 2.41. The lowest BCUT2D eigenvalue weighted by molar-refractivity contribution is 0.0661. The molecule has 2 atom stereocenters. The van der Waals surface area contributed by atoms with Gasteiger partial charge < -0.3 is 15.2 Å². The molecule has 4 heterocycles. The number of hydrogen-bond acceptors (Lipinski definition) is 4. The molecule has 7 nitrogen and oxygen atoms in total. The zero-order chi connectivity index (χ0) is 20.8. The Morgan fingerprint density at radius 2 is 1.87 bits per heavy atom. The zero-order valence-electron chi connectivity index (χ0n) is 16.2. The number of amides is 2. The first-order valence-electron chi connectivity index (χ1n) is 9.91. The Kier molecular flexibility index (Phi) is 4.34. The summed E-state index contributed by atoms with van der Waals surface area (Å²) < 4.78 is 16.2. The molecule has 152 valence electrons. The molecule has 0 saturated carbocycles. The maximum atomic E-state index is 14.2. The van der Waals surface area contributed by atoms with Crippen LogP contribution < -0.4 is 5.73 Å². The van der Waals surface area contributed by atoms with Crippen molar-refractivity contribution in [1.82, 2.24) is 19.4 Å². The average Bonchev–Trinajstić information content (AvgIpc) is 3.25. The summed E-state index contributed by atoms with van der Waals surface area (Å²) in [6, 6.07) is 10.7. The first-order chi connectivity index (χ1) is 14.5. The van der Waals surface area contributed by atoms with E-state index in [9.17, 15) is 14.0 Å². The molecule has 1 saturated heterocycles. The van der Waals surface area contributed by atoms with E-state index in [1.807, 2.05) is 34.9 Å². The summed E-state index contributed by atoms with van der Waals surface area (Å²) in [5, 5.41) is 0. The molecule has 2 unspecified atom stereocenters. The number of primary amides is 1. The Bertz CT molecular complexity index is 1140. The van der Waals surface area contributed by atoms with Gasteiger partial charge in [0.25, 0.3) is 11.8 Å². The maximum Gasteiger partial charge on any atom is 0.269 e. The van der Waals surface area contributed by atoms with Gasteiger partial charge in [-0.05, 0) is 18.9 Å². The summed E-state index contributed by atoms with van der Waals surface area (Å²) in [5.74, 6) is -0.899. The van der Waals surface area contributed by atoms with Crippen molar-refractivity contribution in [1.29, 1.82) is 0 Å². The minimum absolute atomic E-state index is 0.0185. The van der Waals surface area contributed by atoms with Crippen molar-refractivity contribution >= 4 is 11.8 Å². The topological polar surface area (TPSA) is 94.1 Å². The van der Waals surface area contributed by atoms with E-state index in [1.165, 1.54) is 12.3 Å². The molecule has 0 aliphatic carbocycles. The third kappa shape index (κ3) is 2.87. The van der Waals surface area contributed by atoms with Gasteiger partial charge in [-0.15, -0.1) is 0 Å². The van der Waals surface area contributed by atoms with Crippen LogP contribution in [0.5, 0.6) is 0 Å². The van der Waals surface area contributed by atoms with Crippen LogP contribution in [0.1, 0.15) is 39.4 Å². The minimum atomic E-state index is -0.629. The normalized spacial score (nSPS) is 20.0. The largest absolute Gasteiger partial charge is 0.364 e. The smallest absolute Gasteiger partial charge is 0.269 e. The summed E-state index contributed by atoms with van der Waals surface area (Å²) in [5.41, 5.74) is 7.50. The lowest BCUT2D eigenvalue weighted by atomic mass is 10.0. The Balaban J connectivity index is 1.58. The van der Waals surface area contributed by atoms with E-state index in [4.69, 9.17) is 5.73 Å². The first-order valence-corrected chi connectivity index (χ1v) is 9.91. The van der Waals surface area contributed by atoms with Crippen LogP contribution >= 0.6 is 0 Å². The summed E-state index contributed by atoms with van der Waals surface area (Å²) in [4.78, 5) is 35.4. The van der Waals surface area contributed by atoms with E-state index in [2.05, 4.69) is 9.97 Å².